The van der Waals surface area contributed by atoms with E-state index < -0.39 is 0 Å². The Balaban J connectivity index is 1.81. The summed E-state index contributed by atoms with van der Waals surface area (Å²) < 4.78 is 0. The molecule has 1 aromatic rings. The second-order valence-electron chi connectivity index (χ2n) is 5.37. The van der Waals surface area contributed by atoms with E-state index in [-0.39, 0.29) is 12.5 Å². The second kappa shape index (κ2) is 7.75. The van der Waals surface area contributed by atoms with Crippen molar-refractivity contribution < 1.29 is 9.90 Å². The zero-order valence-electron chi connectivity index (χ0n) is 12.3. The quantitative estimate of drug-likeness (QED) is 0.858. The zero-order chi connectivity index (χ0) is 15.2. The molecule has 0 radical (unpaired) electrons. The van der Waals surface area contributed by atoms with Crippen molar-refractivity contribution in [3.05, 3.63) is 28.8 Å². The lowest BCUT2D eigenvalue weighted by molar-refractivity contribution is -0.117. The van der Waals surface area contributed by atoms with Crippen LogP contribution in [0.4, 0.5) is 5.69 Å². The zero-order valence-corrected chi connectivity index (χ0v) is 13.1. The van der Waals surface area contributed by atoms with E-state index in [1.165, 1.54) is 0 Å². The van der Waals surface area contributed by atoms with Crippen molar-refractivity contribution in [2.75, 3.05) is 51.2 Å². The number of β-amino-alcohol motifs (C(OH)–C–C–N with tert-alkyl or cyclic N) is 1. The van der Waals surface area contributed by atoms with Gasteiger partial charge in [0, 0.05) is 32.7 Å². The molecule has 1 aliphatic rings. The van der Waals surface area contributed by atoms with Crippen molar-refractivity contribution in [2.45, 2.75) is 6.92 Å². The number of carbonyl (C=O) groups is 1. The number of nitrogens with zero attached hydrogens (tertiary/aromatic N) is 2. The summed E-state index contributed by atoms with van der Waals surface area (Å²) in [6.45, 7) is 6.69. The summed E-state index contributed by atoms with van der Waals surface area (Å²) in [7, 11) is 0. The van der Waals surface area contributed by atoms with E-state index in [2.05, 4.69) is 15.1 Å². The predicted octanol–water partition coefficient (Wildman–Crippen LogP) is 1.20. The van der Waals surface area contributed by atoms with E-state index in [1.807, 2.05) is 19.1 Å². The lowest BCUT2D eigenvalue weighted by atomic mass is 10.2. The van der Waals surface area contributed by atoms with Gasteiger partial charge in [-0.05, 0) is 24.6 Å². The van der Waals surface area contributed by atoms with Crippen molar-refractivity contribution in [3.8, 4) is 0 Å². The van der Waals surface area contributed by atoms with Crippen LogP contribution in [0.25, 0.3) is 0 Å². The Kier molecular flexibility index (Phi) is 5.99. The van der Waals surface area contributed by atoms with Gasteiger partial charge in [-0.25, -0.2) is 0 Å². The topological polar surface area (TPSA) is 55.8 Å². The van der Waals surface area contributed by atoms with Crippen LogP contribution in [0.5, 0.6) is 0 Å². The first kappa shape index (κ1) is 16.2. The normalized spacial score (nSPS) is 16.9. The van der Waals surface area contributed by atoms with Crippen LogP contribution in [-0.4, -0.2) is 66.7 Å². The molecule has 116 valence electrons. The highest BCUT2D eigenvalue weighted by molar-refractivity contribution is 6.33. The summed E-state index contributed by atoms with van der Waals surface area (Å²) in [4.78, 5) is 16.4. The van der Waals surface area contributed by atoms with Gasteiger partial charge in [0.2, 0.25) is 5.91 Å². The molecule has 1 amide bonds. The lowest BCUT2D eigenvalue weighted by Crippen LogP contribution is -2.49. The maximum Gasteiger partial charge on any atom is 0.238 e. The smallest absolute Gasteiger partial charge is 0.238 e. The molecular weight excluding hydrogens is 290 g/mol. The molecule has 1 aromatic carbocycles. The van der Waals surface area contributed by atoms with Gasteiger partial charge in [0.1, 0.15) is 0 Å². The summed E-state index contributed by atoms with van der Waals surface area (Å²) in [6.07, 6.45) is 0. The fraction of sp³-hybridized carbons (Fsp3) is 0.533. The molecule has 0 saturated carbocycles. The Morgan fingerprint density at radius 1 is 1.29 bits per heavy atom. The Morgan fingerprint density at radius 2 is 1.95 bits per heavy atom. The summed E-state index contributed by atoms with van der Waals surface area (Å²) in [5.74, 6) is -0.0434. The van der Waals surface area contributed by atoms with Gasteiger partial charge < -0.3 is 10.4 Å². The minimum absolute atomic E-state index is 0.0434. The van der Waals surface area contributed by atoms with Crippen LogP contribution in [0.15, 0.2) is 18.2 Å². The number of anilines is 1. The molecule has 0 aromatic heterocycles. The second-order valence-corrected chi connectivity index (χ2v) is 5.78. The molecule has 21 heavy (non-hydrogen) atoms. The number of piperazine rings is 1. The first-order valence-electron chi connectivity index (χ1n) is 7.20. The molecule has 0 atom stereocenters. The first-order valence-corrected chi connectivity index (χ1v) is 7.58. The lowest BCUT2D eigenvalue weighted by Gasteiger charge is -2.33. The third-order valence-corrected chi connectivity index (χ3v) is 3.97. The maximum atomic E-state index is 12.1. The van der Waals surface area contributed by atoms with Gasteiger partial charge >= 0.3 is 0 Å². The van der Waals surface area contributed by atoms with Gasteiger partial charge in [-0.3, -0.25) is 14.6 Å². The molecule has 0 bridgehead atoms. The van der Waals surface area contributed by atoms with Crippen molar-refractivity contribution in [3.63, 3.8) is 0 Å². The summed E-state index contributed by atoms with van der Waals surface area (Å²) in [5, 5.41) is 12.3. The van der Waals surface area contributed by atoms with Gasteiger partial charge in [-0.1, -0.05) is 17.7 Å². The summed E-state index contributed by atoms with van der Waals surface area (Å²) >= 11 is 6.08. The number of aliphatic hydroxyl groups excluding tert-OH is 1. The Bertz CT molecular complexity index is 488. The molecule has 0 spiro atoms. The Labute approximate surface area is 130 Å². The molecule has 6 heteroatoms. The minimum Gasteiger partial charge on any atom is -0.395 e. The fourth-order valence-electron chi connectivity index (χ4n) is 2.44. The van der Waals surface area contributed by atoms with Crippen LogP contribution in [0.3, 0.4) is 0 Å². The van der Waals surface area contributed by atoms with Gasteiger partial charge in [0.05, 0.1) is 23.9 Å². The number of hydrogen-bond acceptors (Lipinski definition) is 4. The highest BCUT2D eigenvalue weighted by Gasteiger charge is 2.18. The van der Waals surface area contributed by atoms with Crippen LogP contribution in [-0.2, 0) is 4.79 Å². The van der Waals surface area contributed by atoms with Gasteiger partial charge in [0.15, 0.2) is 0 Å². The molecule has 2 N–H and O–H groups in total. The first-order chi connectivity index (χ1) is 10.1. The largest absolute Gasteiger partial charge is 0.395 e. The minimum atomic E-state index is -0.0434. The van der Waals surface area contributed by atoms with E-state index in [0.29, 0.717) is 23.8 Å². The van der Waals surface area contributed by atoms with Gasteiger partial charge in [-0.2, -0.15) is 0 Å². The monoisotopic (exact) mass is 311 g/mol. The number of halogens is 1. The number of nitrogens with one attached hydrogen (secondary N) is 1. The number of aryl methyl sites for hydroxylation is 1. The van der Waals surface area contributed by atoms with Crippen molar-refractivity contribution >= 4 is 23.2 Å². The van der Waals surface area contributed by atoms with Crippen molar-refractivity contribution in [1.29, 1.82) is 0 Å². The standard InChI is InChI=1S/C15H22ClN3O2/c1-12-2-3-13(16)14(10-12)17-15(21)11-19-6-4-18(5-7-19)8-9-20/h2-3,10,20H,4-9,11H2,1H3,(H,17,21). The number of amides is 1. The van der Waals surface area contributed by atoms with E-state index in [0.717, 1.165) is 31.7 Å². The van der Waals surface area contributed by atoms with Crippen LogP contribution in [0.2, 0.25) is 5.02 Å². The molecule has 1 heterocycles. The van der Waals surface area contributed by atoms with Crippen LogP contribution >= 0.6 is 11.6 Å². The fourth-order valence-corrected chi connectivity index (χ4v) is 2.60. The van der Waals surface area contributed by atoms with Gasteiger partial charge in [-0.15, -0.1) is 0 Å². The third-order valence-electron chi connectivity index (χ3n) is 3.64. The molecule has 0 unspecified atom stereocenters. The Morgan fingerprint density at radius 3 is 2.62 bits per heavy atom. The molecule has 1 aliphatic heterocycles. The van der Waals surface area contributed by atoms with E-state index in [9.17, 15) is 4.79 Å². The molecule has 2 rings (SSSR count). The molecule has 1 fully saturated rings. The van der Waals surface area contributed by atoms with E-state index in [4.69, 9.17) is 16.7 Å². The average molecular weight is 312 g/mol. The number of carbonyl (C=O) groups excluding carboxylic acids is 1. The van der Waals surface area contributed by atoms with Crippen molar-refractivity contribution in [1.82, 2.24) is 9.80 Å². The Hall–Kier alpha value is -1.14. The van der Waals surface area contributed by atoms with Gasteiger partial charge in [0.25, 0.3) is 0 Å². The van der Waals surface area contributed by atoms with Crippen LogP contribution < -0.4 is 5.32 Å². The average Bonchev–Trinajstić information content (AvgIpc) is 2.45. The third kappa shape index (κ3) is 4.97. The van der Waals surface area contributed by atoms with Crippen LogP contribution in [0.1, 0.15) is 5.56 Å². The van der Waals surface area contributed by atoms with E-state index >= 15 is 0 Å². The van der Waals surface area contributed by atoms with E-state index in [1.54, 1.807) is 6.07 Å². The van der Waals surface area contributed by atoms with Crippen LogP contribution in [0, 0.1) is 6.92 Å². The molecule has 5 nitrogen and oxygen atoms in total. The molecule has 0 aliphatic carbocycles. The maximum absolute atomic E-state index is 12.1. The summed E-state index contributed by atoms with van der Waals surface area (Å²) in [5.41, 5.74) is 1.73. The number of hydrogen-bond donors (Lipinski definition) is 2. The van der Waals surface area contributed by atoms with Crippen molar-refractivity contribution in [2.24, 2.45) is 0 Å². The number of rotatable bonds is 5. The molecule has 1 saturated heterocycles. The highest BCUT2D eigenvalue weighted by atomic mass is 35.5. The SMILES string of the molecule is Cc1ccc(Cl)c(NC(=O)CN2CCN(CCO)CC2)c1. The highest BCUT2D eigenvalue weighted by Crippen LogP contribution is 2.22. The summed E-state index contributed by atoms with van der Waals surface area (Å²) in [6, 6.07) is 5.58. The predicted molar refractivity (Wildman–Crippen MR) is 84.8 cm³/mol. The number of benzene rings is 1. The molecular formula is C15H22ClN3O2. The number of aliphatic hydroxyl groups is 1.